The summed E-state index contributed by atoms with van der Waals surface area (Å²) in [6.07, 6.45) is 6.05. The van der Waals surface area contributed by atoms with Gasteiger partial charge in [0, 0.05) is 24.4 Å². The predicted molar refractivity (Wildman–Crippen MR) is 56.2 cm³/mol. The van der Waals surface area contributed by atoms with Gasteiger partial charge in [-0.05, 0) is 25.0 Å². The number of aromatic nitrogens is 3. The van der Waals surface area contributed by atoms with Gasteiger partial charge in [-0.25, -0.2) is 4.98 Å². The van der Waals surface area contributed by atoms with Gasteiger partial charge in [-0.15, -0.1) is 0 Å². The van der Waals surface area contributed by atoms with E-state index in [9.17, 15) is 4.79 Å². The Morgan fingerprint density at radius 2 is 2.07 bits per heavy atom. The van der Waals surface area contributed by atoms with Gasteiger partial charge in [0.15, 0.2) is 0 Å². The van der Waals surface area contributed by atoms with Crippen molar-refractivity contribution in [2.75, 3.05) is 0 Å². The second kappa shape index (κ2) is 3.08. The van der Waals surface area contributed by atoms with Crippen LogP contribution in [0.15, 0.2) is 35.4 Å². The molecule has 1 N–H and O–H groups in total. The van der Waals surface area contributed by atoms with Crippen molar-refractivity contribution in [2.45, 2.75) is 18.8 Å². The molecule has 2 aromatic rings. The summed E-state index contributed by atoms with van der Waals surface area (Å²) < 4.78 is 1.85. The fraction of sp³-hybridized carbons (Fsp3) is 0.273. The monoisotopic (exact) mass is 201 g/mol. The lowest BCUT2D eigenvalue weighted by Crippen LogP contribution is -2.12. The molecule has 0 unspecified atom stereocenters. The Morgan fingerprint density at radius 1 is 1.33 bits per heavy atom. The van der Waals surface area contributed by atoms with Crippen LogP contribution < -0.4 is 5.56 Å². The van der Waals surface area contributed by atoms with Crippen molar-refractivity contribution in [3.8, 4) is 5.82 Å². The highest BCUT2D eigenvalue weighted by Gasteiger charge is 2.26. The molecular weight excluding hydrogens is 190 g/mol. The molecule has 1 fully saturated rings. The molecule has 3 rings (SSSR count). The Bertz CT molecular complexity index is 523. The lowest BCUT2D eigenvalue weighted by atomic mass is 10.4. The summed E-state index contributed by atoms with van der Waals surface area (Å²) in [5, 5.41) is 0. The fourth-order valence-electron chi connectivity index (χ4n) is 1.63. The van der Waals surface area contributed by atoms with Crippen LogP contribution in [0.2, 0.25) is 0 Å². The Balaban J connectivity index is 2.11. The third-order valence-electron chi connectivity index (χ3n) is 2.58. The summed E-state index contributed by atoms with van der Waals surface area (Å²) in [5.41, 5.74) is -0.0735. The summed E-state index contributed by atoms with van der Waals surface area (Å²) in [6, 6.07) is 5.35. The molecule has 15 heavy (non-hydrogen) atoms. The van der Waals surface area contributed by atoms with Crippen LogP contribution in [0.5, 0.6) is 0 Å². The molecule has 0 atom stereocenters. The molecule has 4 heteroatoms. The van der Waals surface area contributed by atoms with E-state index in [-0.39, 0.29) is 5.56 Å². The third kappa shape index (κ3) is 1.58. The van der Waals surface area contributed by atoms with Crippen LogP contribution >= 0.6 is 0 Å². The molecule has 4 nitrogen and oxygen atoms in total. The summed E-state index contributed by atoms with van der Waals surface area (Å²) in [7, 11) is 0. The molecule has 0 saturated heterocycles. The standard InChI is InChI=1S/C11H11N3O/c15-10-7-9(14-5-1-2-6-14)12-11(13-10)8-3-4-8/h1-2,5-8H,3-4H2,(H,12,13,15). The van der Waals surface area contributed by atoms with E-state index >= 15 is 0 Å². The summed E-state index contributed by atoms with van der Waals surface area (Å²) in [5.74, 6) is 1.99. The van der Waals surface area contributed by atoms with Gasteiger partial charge in [-0.2, -0.15) is 0 Å². The molecule has 1 aliphatic carbocycles. The van der Waals surface area contributed by atoms with Crippen LogP contribution in [0.25, 0.3) is 5.82 Å². The Morgan fingerprint density at radius 3 is 2.73 bits per heavy atom. The third-order valence-corrected chi connectivity index (χ3v) is 2.58. The minimum atomic E-state index is -0.0735. The SMILES string of the molecule is O=c1cc(-n2cccc2)nc(C2CC2)[nH]1. The van der Waals surface area contributed by atoms with E-state index in [4.69, 9.17) is 0 Å². The number of aromatic amines is 1. The number of hydrogen-bond donors (Lipinski definition) is 1. The first kappa shape index (κ1) is 8.47. The van der Waals surface area contributed by atoms with Crippen molar-refractivity contribution in [3.63, 3.8) is 0 Å². The van der Waals surface area contributed by atoms with Crippen LogP contribution in [0.3, 0.4) is 0 Å². The normalized spacial score (nSPS) is 15.5. The molecular formula is C11H11N3O. The second-order valence-electron chi connectivity index (χ2n) is 3.85. The number of nitrogens with one attached hydrogen (secondary N) is 1. The number of H-pyrrole nitrogens is 1. The Hall–Kier alpha value is -1.84. The molecule has 0 aliphatic heterocycles. The number of rotatable bonds is 2. The molecule has 2 aromatic heterocycles. The topological polar surface area (TPSA) is 50.7 Å². The van der Waals surface area contributed by atoms with Crippen molar-refractivity contribution in [3.05, 3.63) is 46.8 Å². The molecule has 0 bridgehead atoms. The van der Waals surface area contributed by atoms with Crippen LogP contribution in [0.1, 0.15) is 24.6 Å². The summed E-state index contributed by atoms with van der Waals surface area (Å²) >= 11 is 0. The van der Waals surface area contributed by atoms with Crippen molar-refractivity contribution in [1.82, 2.24) is 14.5 Å². The molecule has 0 aromatic carbocycles. The largest absolute Gasteiger partial charge is 0.310 e. The van der Waals surface area contributed by atoms with Gasteiger partial charge >= 0.3 is 0 Å². The average molecular weight is 201 g/mol. The van der Waals surface area contributed by atoms with Gasteiger partial charge in [0.1, 0.15) is 11.6 Å². The quantitative estimate of drug-likeness (QED) is 0.799. The second-order valence-corrected chi connectivity index (χ2v) is 3.85. The minimum absolute atomic E-state index is 0.0735. The van der Waals surface area contributed by atoms with Crippen LogP contribution in [0, 0.1) is 0 Å². The highest BCUT2D eigenvalue weighted by Crippen LogP contribution is 2.37. The van der Waals surface area contributed by atoms with E-state index in [2.05, 4.69) is 9.97 Å². The van der Waals surface area contributed by atoms with Gasteiger partial charge in [0.2, 0.25) is 0 Å². The molecule has 1 saturated carbocycles. The highest BCUT2D eigenvalue weighted by molar-refractivity contribution is 5.24. The van der Waals surface area contributed by atoms with E-state index in [1.165, 1.54) is 6.07 Å². The van der Waals surface area contributed by atoms with Crippen molar-refractivity contribution in [1.29, 1.82) is 0 Å². The predicted octanol–water partition coefficient (Wildman–Crippen LogP) is 1.44. The van der Waals surface area contributed by atoms with Gasteiger partial charge in [0.25, 0.3) is 5.56 Å². The molecule has 1 aliphatic rings. The maximum Gasteiger partial charge on any atom is 0.253 e. The average Bonchev–Trinajstić information content (AvgIpc) is 2.93. The van der Waals surface area contributed by atoms with E-state index in [0.717, 1.165) is 18.7 Å². The zero-order valence-corrected chi connectivity index (χ0v) is 8.18. The van der Waals surface area contributed by atoms with E-state index in [1.54, 1.807) is 0 Å². The van der Waals surface area contributed by atoms with Gasteiger partial charge in [-0.3, -0.25) is 4.79 Å². The van der Waals surface area contributed by atoms with Crippen LogP contribution in [-0.4, -0.2) is 14.5 Å². The van der Waals surface area contributed by atoms with E-state index in [0.29, 0.717) is 11.7 Å². The first-order valence-electron chi connectivity index (χ1n) is 5.07. The van der Waals surface area contributed by atoms with Gasteiger partial charge in [-0.1, -0.05) is 0 Å². The lowest BCUT2D eigenvalue weighted by Gasteiger charge is -2.03. The zero-order chi connectivity index (χ0) is 10.3. The van der Waals surface area contributed by atoms with Crippen LogP contribution in [-0.2, 0) is 0 Å². The highest BCUT2D eigenvalue weighted by atomic mass is 16.1. The molecule has 2 heterocycles. The maximum absolute atomic E-state index is 11.4. The Labute approximate surface area is 86.6 Å². The minimum Gasteiger partial charge on any atom is -0.310 e. The van der Waals surface area contributed by atoms with Crippen molar-refractivity contribution >= 4 is 0 Å². The van der Waals surface area contributed by atoms with Crippen LogP contribution in [0.4, 0.5) is 0 Å². The first-order chi connectivity index (χ1) is 7.33. The molecule has 0 radical (unpaired) electrons. The van der Waals surface area contributed by atoms with Crippen molar-refractivity contribution < 1.29 is 0 Å². The zero-order valence-electron chi connectivity index (χ0n) is 8.18. The number of hydrogen-bond acceptors (Lipinski definition) is 2. The smallest absolute Gasteiger partial charge is 0.253 e. The maximum atomic E-state index is 11.4. The van der Waals surface area contributed by atoms with Crippen molar-refractivity contribution in [2.24, 2.45) is 0 Å². The molecule has 0 amide bonds. The lowest BCUT2D eigenvalue weighted by molar-refractivity contribution is 0.866. The Kier molecular flexibility index (Phi) is 1.74. The number of nitrogens with zero attached hydrogens (tertiary/aromatic N) is 2. The molecule has 76 valence electrons. The fourth-order valence-corrected chi connectivity index (χ4v) is 1.63. The first-order valence-corrected chi connectivity index (χ1v) is 5.07. The van der Waals surface area contributed by atoms with E-state index < -0.39 is 0 Å². The summed E-state index contributed by atoms with van der Waals surface area (Å²) in [4.78, 5) is 18.7. The van der Waals surface area contributed by atoms with E-state index in [1.807, 2.05) is 29.1 Å². The van der Waals surface area contributed by atoms with Gasteiger partial charge in [0.05, 0.1) is 0 Å². The van der Waals surface area contributed by atoms with Gasteiger partial charge < -0.3 is 9.55 Å². The summed E-state index contributed by atoms with van der Waals surface area (Å²) in [6.45, 7) is 0. The molecule has 0 spiro atoms.